The monoisotopic (exact) mass is 1590 g/mol. The molecule has 23 atom stereocenters. The van der Waals surface area contributed by atoms with Crippen molar-refractivity contribution < 1.29 is 150 Å². The minimum absolute atomic E-state index is 0.0518. The number of hydrogen-bond acceptors (Lipinski definition) is 32. The molecule has 36 heteroatoms. The fraction of sp³-hybridized carbons (Fsp3) is 0.915. The van der Waals surface area contributed by atoms with E-state index in [0.717, 1.165) is 44.4 Å². The number of methoxy groups -OCH3 is 1. The van der Waals surface area contributed by atoms with Crippen molar-refractivity contribution in [2.24, 2.45) is 23.7 Å². The summed E-state index contributed by atoms with van der Waals surface area (Å²) < 4.78 is 82.9. The Morgan fingerprint density at radius 1 is 0.421 bits per heavy atom. The van der Waals surface area contributed by atoms with Crippen LogP contribution in [-0.4, -0.2) is 292 Å². The second kappa shape index (κ2) is 55.0. The molecular formula is C71H133N3O31P2. The number of rotatable bonds is 45. The number of hydrogen-bond donors (Lipinski definition) is 15. The van der Waals surface area contributed by atoms with Crippen LogP contribution in [0.25, 0.3) is 0 Å². The Hall–Kier alpha value is -2.56. The van der Waals surface area contributed by atoms with Gasteiger partial charge >= 0.3 is 15.6 Å². The summed E-state index contributed by atoms with van der Waals surface area (Å²) in [5.41, 5.74) is 0. The summed E-state index contributed by atoms with van der Waals surface area (Å²) in [5.74, 6) is 0.415. The Balaban J connectivity index is 0.000000479. The number of β-amino-alcohol motifs (C(OH)–C–C–N with tert-alkyl or cyclic N) is 1. The molecule has 0 aromatic heterocycles. The van der Waals surface area contributed by atoms with Gasteiger partial charge in [0.05, 0.1) is 96.1 Å². The zero-order valence-electron chi connectivity index (χ0n) is 64.6. The largest absolute Gasteiger partial charge is 0.472 e. The smallest absolute Gasteiger partial charge is 0.394 e. The maximum absolute atomic E-state index is 12.2. The van der Waals surface area contributed by atoms with E-state index in [1.165, 1.54) is 0 Å². The van der Waals surface area contributed by atoms with Crippen LogP contribution in [0.5, 0.6) is 0 Å². The zero-order chi connectivity index (χ0) is 80.4. The van der Waals surface area contributed by atoms with Gasteiger partial charge in [0.25, 0.3) is 0 Å². The molecule has 6 aliphatic rings. The molecule has 0 bridgehead atoms. The van der Waals surface area contributed by atoms with Crippen LogP contribution in [0.1, 0.15) is 197 Å². The Bertz CT molecular complexity index is 2400. The molecule has 0 spiro atoms. The van der Waals surface area contributed by atoms with Gasteiger partial charge in [0.1, 0.15) is 71.3 Å². The first-order chi connectivity index (χ1) is 50.5. The van der Waals surface area contributed by atoms with Crippen molar-refractivity contribution in [3.05, 3.63) is 0 Å². The summed E-state index contributed by atoms with van der Waals surface area (Å²) >= 11 is 0. The minimum Gasteiger partial charge on any atom is -0.394 e. The summed E-state index contributed by atoms with van der Waals surface area (Å²) in [4.78, 5) is 87.4. The average molecular weight is 1590 g/mol. The molecule has 6 saturated heterocycles. The first kappa shape index (κ1) is 101. The van der Waals surface area contributed by atoms with Crippen molar-refractivity contribution in [3.63, 3.8) is 0 Å². The van der Waals surface area contributed by atoms with Gasteiger partial charge in [-0.2, -0.15) is 0 Å². The number of ketones is 6. The second-order valence-electron chi connectivity index (χ2n) is 29.3. The Morgan fingerprint density at radius 3 is 0.963 bits per heavy atom. The number of aliphatic hydroxyl groups is 10. The van der Waals surface area contributed by atoms with Gasteiger partial charge < -0.3 is 124 Å². The van der Waals surface area contributed by atoms with Crippen molar-refractivity contribution >= 4 is 50.3 Å². The zero-order valence-corrected chi connectivity index (χ0v) is 66.3. The van der Waals surface area contributed by atoms with E-state index in [1.54, 1.807) is 48.7 Å². The maximum Gasteiger partial charge on any atom is 0.472 e. The predicted molar refractivity (Wildman–Crippen MR) is 388 cm³/mol. The highest BCUT2D eigenvalue weighted by Crippen LogP contribution is 2.48. The molecule has 107 heavy (non-hydrogen) atoms. The normalized spacial score (nSPS) is 31.6. The van der Waals surface area contributed by atoms with Crippen molar-refractivity contribution in [3.8, 4) is 0 Å². The standard InChI is InChI=1S/3C17H30O7.C16H33N3O10P2.C4H10/c3*1-11(19)6-3-4-7-13(20)8-5-9-23-17-12(2)15(21)16(22)14(10-18)24-17;1-25-8-12-3-15(6-18-12)28-31(23,24)27-10-13-4-16(7-19-13)29-30(21,22)26-9-11-2-14(20)5-17-11;1-4(2)3/h3*12,14-18,21-22H,3-10H2,1-2H3;11-20H,2-10H2,1H3,(H,21,22)(H,23,24);4H,1-3H3/t3*12?,14?,15-,16+,17-;11-,12-,13-,14+,15+,16+;/m1110./s1. The molecular weight excluding hydrogens is 1450 g/mol. The van der Waals surface area contributed by atoms with E-state index in [2.05, 4.69) is 36.7 Å². The highest BCUT2D eigenvalue weighted by molar-refractivity contribution is 7.47. The SMILES string of the molecule is CC(=O)CCCCC(=O)CCCO[C@@H]1OC(CO)[C@H](O)[C@H](O)C1C.CC(=O)CCCCC(=O)CCCO[C@@H]1OC(CO)[C@H](O)[C@H](O)C1C.CC(=O)CCCCC(=O)CCCO[C@@H]1OC(CO)[C@H](O)[C@H](O)C1C.CC(C)C.COC[C@@H]1C[C@@H](OP(=O)(O)OC[C@@H]2C[C@@H](OP(=O)(O)OC[C@@H]3C[C@@H](O)CN3)CN2)CN1. The van der Waals surface area contributed by atoms with Crippen LogP contribution < -0.4 is 16.0 Å². The third-order valence-corrected chi connectivity index (χ3v) is 20.4. The van der Waals surface area contributed by atoms with Crippen LogP contribution in [0, 0.1) is 23.7 Å². The van der Waals surface area contributed by atoms with Crippen LogP contribution >= 0.6 is 15.6 Å². The van der Waals surface area contributed by atoms with Gasteiger partial charge in [-0.3, -0.25) is 32.5 Å². The number of ether oxygens (including phenoxy) is 7. The number of aliphatic hydroxyl groups excluding tert-OH is 10. The van der Waals surface area contributed by atoms with Crippen LogP contribution in [-0.2, 0) is 89.2 Å². The lowest BCUT2D eigenvalue weighted by atomic mass is 9.92. The first-order valence-electron chi connectivity index (χ1n) is 37.9. The molecule has 0 amide bonds. The maximum atomic E-state index is 12.2. The van der Waals surface area contributed by atoms with Crippen molar-refractivity contribution in [1.29, 1.82) is 0 Å². The number of phosphoric ester groups is 2. The van der Waals surface area contributed by atoms with E-state index in [-0.39, 0.29) is 72.6 Å². The third-order valence-electron chi connectivity index (χ3n) is 18.3. The Morgan fingerprint density at radius 2 is 0.692 bits per heavy atom. The average Bonchev–Trinajstić information content (AvgIpc) is 1.70. The minimum atomic E-state index is -4.27. The molecule has 34 nitrogen and oxygen atoms in total. The molecule has 0 aromatic rings. The number of unbranched alkanes of at least 4 members (excludes halogenated alkanes) is 3. The molecule has 6 fully saturated rings. The van der Waals surface area contributed by atoms with Crippen LogP contribution in [0.4, 0.5) is 0 Å². The summed E-state index contributed by atoms with van der Waals surface area (Å²) in [6, 6.07) is -0.487. The fourth-order valence-electron chi connectivity index (χ4n) is 12.0. The van der Waals surface area contributed by atoms with Crippen LogP contribution in [0.3, 0.4) is 0 Å². The highest BCUT2D eigenvalue weighted by atomic mass is 31.2. The topological polar surface area (TPSA) is 517 Å². The van der Waals surface area contributed by atoms with Gasteiger partial charge in [0.15, 0.2) is 18.9 Å². The first-order valence-corrected chi connectivity index (χ1v) is 40.9. The summed E-state index contributed by atoms with van der Waals surface area (Å²) in [7, 11) is -6.93. The quantitative estimate of drug-likeness (QED) is 0.0307. The lowest BCUT2D eigenvalue weighted by Crippen LogP contribution is -2.55. The van der Waals surface area contributed by atoms with Gasteiger partial charge in [-0.25, -0.2) is 9.13 Å². The van der Waals surface area contributed by atoms with Gasteiger partial charge in [-0.15, -0.1) is 0 Å². The van der Waals surface area contributed by atoms with Gasteiger partial charge in [-0.05, 0) is 104 Å². The van der Waals surface area contributed by atoms with E-state index in [1.807, 2.05) is 0 Å². The molecule has 0 aromatic carbocycles. The number of carbonyl (C=O) groups excluding carboxylic acids is 6. The van der Waals surface area contributed by atoms with E-state index in [4.69, 9.17) is 66.6 Å². The van der Waals surface area contributed by atoms with E-state index in [0.29, 0.717) is 136 Å². The van der Waals surface area contributed by atoms with Crippen molar-refractivity contribution in [1.82, 2.24) is 16.0 Å². The summed E-state index contributed by atoms with van der Waals surface area (Å²) in [6.45, 7) is 17.4. The van der Waals surface area contributed by atoms with E-state index in [9.17, 15) is 83.4 Å². The van der Waals surface area contributed by atoms with Gasteiger partial charge in [0, 0.05) is 120 Å². The number of carbonyl (C=O) groups is 6. The molecule has 6 aliphatic heterocycles. The third kappa shape index (κ3) is 42.9. The number of Topliss-reactive ketones (excluding diaryl/α,β-unsaturated/α-hetero) is 6. The van der Waals surface area contributed by atoms with E-state index < -0.39 is 145 Å². The van der Waals surface area contributed by atoms with Crippen LogP contribution in [0.15, 0.2) is 0 Å². The molecule has 628 valence electrons. The number of nitrogens with one attached hydrogen (secondary N) is 3. The molecule has 0 aliphatic carbocycles. The van der Waals surface area contributed by atoms with Gasteiger partial charge in [-0.1, -0.05) is 41.5 Å². The van der Waals surface area contributed by atoms with Crippen LogP contribution in [0.2, 0.25) is 0 Å². The second-order valence-corrected chi connectivity index (χ2v) is 32.1. The summed E-state index contributed by atoms with van der Waals surface area (Å²) in [6.07, 6.45) is -1.30. The number of phosphoric acid groups is 2. The molecule has 8 unspecified atom stereocenters. The highest BCUT2D eigenvalue weighted by Gasteiger charge is 2.45. The van der Waals surface area contributed by atoms with E-state index >= 15 is 0 Å². The molecule has 6 heterocycles. The lowest BCUT2D eigenvalue weighted by Gasteiger charge is -2.40. The Labute approximate surface area is 631 Å². The molecule has 6 rings (SSSR count). The van der Waals surface area contributed by atoms with Gasteiger partial charge in [0.2, 0.25) is 0 Å². The molecule has 0 saturated carbocycles. The molecule has 0 radical (unpaired) electrons. The van der Waals surface area contributed by atoms with Crippen molar-refractivity contribution in [2.75, 3.05) is 86.2 Å². The molecule has 15 N–H and O–H groups in total. The summed E-state index contributed by atoms with van der Waals surface area (Å²) in [5, 5.41) is 105. The lowest BCUT2D eigenvalue weighted by molar-refractivity contribution is -0.282. The van der Waals surface area contributed by atoms with Crippen molar-refractivity contribution in [2.45, 2.75) is 307 Å². The predicted octanol–water partition coefficient (Wildman–Crippen LogP) is 2.48. The Kier molecular flexibility index (Phi) is 51.7. The fourth-order valence-corrected chi connectivity index (χ4v) is 13.9.